The van der Waals surface area contributed by atoms with Gasteiger partial charge >= 0.3 is 6.03 Å². The molecule has 0 aliphatic carbocycles. The number of piperazine rings is 1. The molecule has 7 nitrogen and oxygen atoms in total. The van der Waals surface area contributed by atoms with E-state index in [9.17, 15) is 4.79 Å². The number of aromatic nitrogens is 1. The minimum absolute atomic E-state index is 0. The quantitative estimate of drug-likeness (QED) is 0.797. The number of amides is 2. The number of methoxy groups -OCH3 is 2. The van der Waals surface area contributed by atoms with Crippen molar-refractivity contribution in [2.75, 3.05) is 50.6 Å². The van der Waals surface area contributed by atoms with Gasteiger partial charge in [-0.1, -0.05) is 19.1 Å². The summed E-state index contributed by atoms with van der Waals surface area (Å²) in [6, 6.07) is 9.77. The molecule has 1 N–H and O–H groups in total. The van der Waals surface area contributed by atoms with Crippen LogP contribution in [-0.2, 0) is 6.42 Å². The molecule has 2 aromatic rings. The summed E-state index contributed by atoms with van der Waals surface area (Å²) in [6.45, 7) is 6.77. The molecule has 2 heterocycles. The molecule has 0 spiro atoms. The second kappa shape index (κ2) is 10.2. The van der Waals surface area contributed by atoms with Gasteiger partial charge in [-0.15, -0.1) is 12.4 Å². The molecule has 1 saturated heterocycles. The predicted molar refractivity (Wildman–Crippen MR) is 118 cm³/mol. The maximum Gasteiger partial charge on any atom is 0.322 e. The molecule has 0 radical (unpaired) electrons. The number of hydrogen-bond donors (Lipinski definition) is 1. The Labute approximate surface area is 178 Å². The summed E-state index contributed by atoms with van der Waals surface area (Å²) in [4.78, 5) is 21.3. The molecule has 2 amide bonds. The van der Waals surface area contributed by atoms with Crippen LogP contribution in [0.25, 0.3) is 0 Å². The number of nitrogens with zero attached hydrogens (tertiary/aromatic N) is 3. The van der Waals surface area contributed by atoms with Crippen molar-refractivity contribution in [1.82, 2.24) is 9.88 Å². The number of hydrogen-bond acceptors (Lipinski definition) is 5. The van der Waals surface area contributed by atoms with Gasteiger partial charge in [0.2, 0.25) is 5.88 Å². The number of benzene rings is 1. The lowest BCUT2D eigenvalue weighted by atomic mass is 10.1. The number of aryl methyl sites for hydroxylation is 2. The van der Waals surface area contributed by atoms with Gasteiger partial charge in [-0.25, -0.2) is 9.78 Å². The van der Waals surface area contributed by atoms with E-state index in [2.05, 4.69) is 22.1 Å². The summed E-state index contributed by atoms with van der Waals surface area (Å²) < 4.78 is 10.8. The first-order valence-corrected chi connectivity index (χ1v) is 9.55. The van der Waals surface area contributed by atoms with E-state index in [0.717, 1.165) is 42.2 Å². The van der Waals surface area contributed by atoms with Crippen LogP contribution >= 0.6 is 12.4 Å². The smallest absolute Gasteiger partial charge is 0.322 e. The Morgan fingerprint density at radius 1 is 1.14 bits per heavy atom. The maximum atomic E-state index is 12.8. The van der Waals surface area contributed by atoms with Crippen molar-refractivity contribution in [3.8, 4) is 11.6 Å². The van der Waals surface area contributed by atoms with E-state index in [1.165, 1.54) is 0 Å². The van der Waals surface area contributed by atoms with E-state index in [1.54, 1.807) is 14.2 Å². The van der Waals surface area contributed by atoms with Crippen molar-refractivity contribution >= 4 is 29.8 Å². The van der Waals surface area contributed by atoms with Crippen LogP contribution in [0.3, 0.4) is 0 Å². The highest BCUT2D eigenvalue weighted by molar-refractivity contribution is 5.91. The number of carbonyl (C=O) groups is 1. The van der Waals surface area contributed by atoms with Crippen LogP contribution in [-0.4, -0.2) is 56.3 Å². The van der Waals surface area contributed by atoms with Gasteiger partial charge in [-0.2, -0.15) is 0 Å². The third-order valence-corrected chi connectivity index (χ3v) is 5.09. The lowest BCUT2D eigenvalue weighted by molar-refractivity contribution is 0.208. The minimum atomic E-state index is -0.134. The van der Waals surface area contributed by atoms with Crippen molar-refractivity contribution in [2.24, 2.45) is 0 Å². The van der Waals surface area contributed by atoms with Gasteiger partial charge in [0, 0.05) is 31.9 Å². The van der Waals surface area contributed by atoms with Gasteiger partial charge in [0.15, 0.2) is 0 Å². The molecule has 158 valence electrons. The van der Waals surface area contributed by atoms with Gasteiger partial charge in [-0.05, 0) is 37.1 Å². The molecule has 0 atom stereocenters. The lowest BCUT2D eigenvalue weighted by Crippen LogP contribution is -2.50. The number of halogens is 1. The van der Waals surface area contributed by atoms with E-state index in [1.807, 2.05) is 42.2 Å². The molecular weight excluding hydrogens is 392 g/mol. The molecule has 3 rings (SSSR count). The fourth-order valence-corrected chi connectivity index (χ4v) is 3.46. The van der Waals surface area contributed by atoms with Crippen molar-refractivity contribution < 1.29 is 14.3 Å². The minimum Gasteiger partial charge on any atom is -0.495 e. The largest absolute Gasteiger partial charge is 0.495 e. The van der Waals surface area contributed by atoms with E-state index in [4.69, 9.17) is 9.47 Å². The van der Waals surface area contributed by atoms with Crippen LogP contribution in [0.15, 0.2) is 30.3 Å². The lowest BCUT2D eigenvalue weighted by Gasteiger charge is -2.36. The molecule has 0 saturated carbocycles. The van der Waals surface area contributed by atoms with Crippen molar-refractivity contribution in [3.05, 3.63) is 41.6 Å². The first-order valence-electron chi connectivity index (χ1n) is 9.55. The average Bonchev–Trinajstić information content (AvgIpc) is 2.74. The number of carbonyl (C=O) groups excluding carboxylic acids is 1. The summed E-state index contributed by atoms with van der Waals surface area (Å²) >= 11 is 0. The SMILES string of the molecule is CCc1cc(NC(=O)N2CCN(c3ccccc3OC)CC2)c(OC)nc1C.Cl. The Bertz CT molecular complexity index is 839. The van der Waals surface area contributed by atoms with Crippen LogP contribution < -0.4 is 19.7 Å². The zero-order chi connectivity index (χ0) is 20.1. The Kier molecular flexibility index (Phi) is 7.96. The molecule has 1 aliphatic heterocycles. The third-order valence-electron chi connectivity index (χ3n) is 5.09. The molecule has 1 fully saturated rings. The van der Waals surface area contributed by atoms with E-state index in [-0.39, 0.29) is 18.4 Å². The van der Waals surface area contributed by atoms with Gasteiger partial charge < -0.3 is 24.6 Å². The highest BCUT2D eigenvalue weighted by atomic mass is 35.5. The maximum absolute atomic E-state index is 12.8. The van der Waals surface area contributed by atoms with Gasteiger partial charge in [-0.3, -0.25) is 0 Å². The van der Waals surface area contributed by atoms with E-state index in [0.29, 0.717) is 24.7 Å². The van der Waals surface area contributed by atoms with E-state index < -0.39 is 0 Å². The molecular formula is C21H29ClN4O3. The predicted octanol–water partition coefficient (Wildman–Crippen LogP) is 3.75. The number of para-hydroxylation sites is 2. The standard InChI is InChI=1S/C21H28N4O3.ClH/c1-5-16-14-17(20(28-4)22-15(16)2)23-21(26)25-12-10-24(11-13-25)18-8-6-7-9-19(18)27-3;/h6-9,14H,5,10-13H2,1-4H3,(H,23,26);1H. The van der Waals surface area contributed by atoms with Gasteiger partial charge in [0.1, 0.15) is 11.4 Å². The van der Waals surface area contributed by atoms with Crippen molar-refractivity contribution in [3.63, 3.8) is 0 Å². The molecule has 1 aromatic carbocycles. The highest BCUT2D eigenvalue weighted by Gasteiger charge is 2.24. The number of urea groups is 1. The Balaban J connectivity index is 0.00000300. The molecule has 0 unspecified atom stereocenters. The summed E-state index contributed by atoms with van der Waals surface area (Å²) in [5.41, 5.74) is 3.68. The molecule has 29 heavy (non-hydrogen) atoms. The van der Waals surface area contributed by atoms with E-state index >= 15 is 0 Å². The number of nitrogens with one attached hydrogen (secondary N) is 1. The van der Waals surface area contributed by atoms with Crippen molar-refractivity contribution in [2.45, 2.75) is 20.3 Å². The Morgan fingerprint density at radius 2 is 1.83 bits per heavy atom. The molecule has 0 bridgehead atoms. The first-order chi connectivity index (χ1) is 13.6. The summed E-state index contributed by atoms with van der Waals surface area (Å²) in [5.74, 6) is 1.29. The fourth-order valence-electron chi connectivity index (χ4n) is 3.46. The summed E-state index contributed by atoms with van der Waals surface area (Å²) in [7, 11) is 3.24. The van der Waals surface area contributed by atoms with Crippen LogP contribution in [0.5, 0.6) is 11.6 Å². The average molecular weight is 421 g/mol. The monoisotopic (exact) mass is 420 g/mol. The summed E-state index contributed by atoms with van der Waals surface area (Å²) in [6.07, 6.45) is 0.850. The van der Waals surface area contributed by atoms with Crippen molar-refractivity contribution in [1.29, 1.82) is 0 Å². The topological polar surface area (TPSA) is 66.9 Å². The second-order valence-corrected chi connectivity index (χ2v) is 6.72. The molecule has 1 aromatic heterocycles. The third kappa shape index (κ3) is 5.03. The highest BCUT2D eigenvalue weighted by Crippen LogP contribution is 2.29. The Hall–Kier alpha value is -2.67. The zero-order valence-electron chi connectivity index (χ0n) is 17.4. The number of rotatable bonds is 5. The second-order valence-electron chi connectivity index (χ2n) is 6.72. The number of pyridine rings is 1. The normalized spacial score (nSPS) is 13.5. The first kappa shape index (κ1) is 22.6. The summed E-state index contributed by atoms with van der Waals surface area (Å²) in [5, 5.41) is 2.97. The number of ether oxygens (including phenoxy) is 2. The zero-order valence-corrected chi connectivity index (χ0v) is 18.2. The van der Waals surface area contributed by atoms with Crippen LogP contribution in [0.1, 0.15) is 18.2 Å². The van der Waals surface area contributed by atoms with Gasteiger partial charge in [0.25, 0.3) is 0 Å². The van der Waals surface area contributed by atoms with Crippen LogP contribution in [0.2, 0.25) is 0 Å². The van der Waals surface area contributed by atoms with Gasteiger partial charge in [0.05, 0.1) is 19.9 Å². The Morgan fingerprint density at radius 3 is 2.45 bits per heavy atom. The fraction of sp³-hybridized carbons (Fsp3) is 0.429. The molecule has 8 heteroatoms. The van der Waals surface area contributed by atoms with Crippen LogP contribution in [0.4, 0.5) is 16.2 Å². The number of anilines is 2. The molecule has 1 aliphatic rings. The van der Waals surface area contributed by atoms with Crippen LogP contribution in [0, 0.1) is 6.92 Å².